The van der Waals surface area contributed by atoms with E-state index in [2.05, 4.69) is 5.16 Å². The third-order valence-electron chi connectivity index (χ3n) is 3.70. The maximum absolute atomic E-state index is 14.1. The number of nitrogens with zero attached hydrogens (tertiary/aromatic N) is 1. The molecule has 1 heterocycles. The van der Waals surface area contributed by atoms with E-state index in [0.29, 0.717) is 27.7 Å². The Hall–Kier alpha value is -2.38. The first-order valence-electron chi connectivity index (χ1n) is 7.45. The van der Waals surface area contributed by atoms with Gasteiger partial charge in [-0.1, -0.05) is 34.4 Å². The molecule has 1 aliphatic heterocycles. The SMILES string of the molecule is NC(=O)c1c(F)ccc(OCC2CC(c3ccc(Cl)cc3Cl)=NO2)c1F. The molecule has 0 aromatic heterocycles. The molecule has 1 aliphatic rings. The van der Waals surface area contributed by atoms with Crippen LogP contribution in [0.1, 0.15) is 22.3 Å². The lowest BCUT2D eigenvalue weighted by atomic mass is 10.1. The summed E-state index contributed by atoms with van der Waals surface area (Å²) in [5, 5.41) is 4.88. The summed E-state index contributed by atoms with van der Waals surface area (Å²) in [4.78, 5) is 16.4. The monoisotopic (exact) mass is 400 g/mol. The fourth-order valence-corrected chi connectivity index (χ4v) is 2.97. The van der Waals surface area contributed by atoms with Crippen LogP contribution in [-0.4, -0.2) is 24.3 Å². The summed E-state index contributed by atoms with van der Waals surface area (Å²) in [5.41, 5.74) is 5.39. The van der Waals surface area contributed by atoms with Gasteiger partial charge in [-0.15, -0.1) is 0 Å². The zero-order valence-corrected chi connectivity index (χ0v) is 14.7. The molecule has 5 nitrogen and oxygen atoms in total. The molecule has 2 N–H and O–H groups in total. The molecule has 2 aromatic carbocycles. The van der Waals surface area contributed by atoms with E-state index in [0.717, 1.165) is 12.1 Å². The summed E-state index contributed by atoms with van der Waals surface area (Å²) in [5.74, 6) is -3.73. The third-order valence-corrected chi connectivity index (χ3v) is 4.25. The molecule has 0 radical (unpaired) electrons. The number of amides is 1. The Morgan fingerprint density at radius 2 is 2.08 bits per heavy atom. The number of primary amides is 1. The van der Waals surface area contributed by atoms with E-state index in [1.54, 1.807) is 18.2 Å². The topological polar surface area (TPSA) is 73.9 Å². The Kier molecular flexibility index (Phi) is 5.29. The molecule has 0 bridgehead atoms. The second-order valence-electron chi connectivity index (χ2n) is 5.50. The van der Waals surface area contributed by atoms with Crippen LogP contribution in [0.5, 0.6) is 5.75 Å². The molecule has 1 unspecified atom stereocenters. The first kappa shape index (κ1) is 18.4. The van der Waals surface area contributed by atoms with Crippen molar-refractivity contribution in [1.82, 2.24) is 0 Å². The number of nitrogens with two attached hydrogens (primary N) is 1. The van der Waals surface area contributed by atoms with E-state index in [9.17, 15) is 13.6 Å². The Labute approximate surface area is 157 Å². The van der Waals surface area contributed by atoms with Crippen molar-refractivity contribution in [3.8, 4) is 5.75 Å². The van der Waals surface area contributed by atoms with Crippen LogP contribution in [-0.2, 0) is 4.84 Å². The number of hydrogen-bond acceptors (Lipinski definition) is 4. The third kappa shape index (κ3) is 3.73. The predicted molar refractivity (Wildman–Crippen MR) is 92.9 cm³/mol. The summed E-state index contributed by atoms with van der Waals surface area (Å²) in [6.07, 6.45) is -0.134. The van der Waals surface area contributed by atoms with Crippen molar-refractivity contribution in [3.63, 3.8) is 0 Å². The number of hydrogen-bond donors (Lipinski definition) is 1. The van der Waals surface area contributed by atoms with E-state index in [1.165, 1.54) is 0 Å². The second kappa shape index (κ2) is 7.47. The van der Waals surface area contributed by atoms with Crippen molar-refractivity contribution in [2.24, 2.45) is 10.9 Å². The average Bonchev–Trinajstić information content (AvgIpc) is 3.02. The van der Waals surface area contributed by atoms with Gasteiger partial charge in [0.2, 0.25) is 0 Å². The van der Waals surface area contributed by atoms with E-state index in [4.69, 9.17) is 38.5 Å². The maximum Gasteiger partial charge on any atom is 0.254 e. The van der Waals surface area contributed by atoms with Gasteiger partial charge in [0.25, 0.3) is 5.91 Å². The second-order valence-corrected chi connectivity index (χ2v) is 6.35. The van der Waals surface area contributed by atoms with E-state index in [1.807, 2.05) is 0 Å². The highest BCUT2D eigenvalue weighted by atomic mass is 35.5. The number of carbonyl (C=O) groups is 1. The van der Waals surface area contributed by atoms with Crippen LogP contribution in [0.3, 0.4) is 0 Å². The van der Waals surface area contributed by atoms with Gasteiger partial charge in [0, 0.05) is 17.0 Å². The summed E-state index contributed by atoms with van der Waals surface area (Å²) in [6, 6.07) is 6.96. The number of halogens is 4. The predicted octanol–water partition coefficient (Wildman–Crippen LogP) is 3.94. The summed E-state index contributed by atoms with van der Waals surface area (Å²) < 4.78 is 32.9. The van der Waals surface area contributed by atoms with E-state index < -0.39 is 29.2 Å². The van der Waals surface area contributed by atoms with Crippen molar-refractivity contribution < 1.29 is 23.1 Å². The standard InChI is InChI=1S/C17H12Cl2F2N2O3/c18-8-1-2-10(11(19)5-8)13-6-9(26-23-13)7-25-14-4-3-12(20)15(16(14)21)17(22)24/h1-5,9H,6-7H2,(H2,22,24). The number of carbonyl (C=O) groups excluding carboxylic acids is 1. The average molecular weight is 401 g/mol. The van der Waals surface area contributed by atoms with Gasteiger partial charge in [-0.2, -0.15) is 0 Å². The molecule has 1 amide bonds. The van der Waals surface area contributed by atoms with Gasteiger partial charge in [-0.05, 0) is 24.3 Å². The van der Waals surface area contributed by atoms with Gasteiger partial charge in [-0.3, -0.25) is 4.79 Å². The molecule has 2 aromatic rings. The van der Waals surface area contributed by atoms with Crippen LogP contribution in [0.4, 0.5) is 8.78 Å². The van der Waals surface area contributed by atoms with Crippen LogP contribution in [0.15, 0.2) is 35.5 Å². The first-order valence-corrected chi connectivity index (χ1v) is 8.21. The van der Waals surface area contributed by atoms with Gasteiger partial charge in [0.05, 0.1) is 10.7 Å². The highest BCUT2D eigenvalue weighted by Gasteiger charge is 2.26. The first-order chi connectivity index (χ1) is 12.4. The van der Waals surface area contributed by atoms with Gasteiger partial charge >= 0.3 is 0 Å². The minimum atomic E-state index is -1.22. The molecule has 9 heteroatoms. The molecule has 3 rings (SSSR count). The van der Waals surface area contributed by atoms with Crippen molar-refractivity contribution in [2.45, 2.75) is 12.5 Å². The lowest BCUT2D eigenvalue weighted by molar-refractivity contribution is 0.0458. The van der Waals surface area contributed by atoms with Gasteiger partial charge in [-0.25, -0.2) is 8.78 Å². The number of ether oxygens (including phenoxy) is 1. The molecule has 0 aliphatic carbocycles. The molecule has 0 saturated heterocycles. The minimum Gasteiger partial charge on any atom is -0.486 e. The molecular weight excluding hydrogens is 389 g/mol. The molecular formula is C17H12Cl2F2N2O3. The number of rotatable bonds is 5. The summed E-state index contributed by atoms with van der Waals surface area (Å²) in [7, 11) is 0. The quantitative estimate of drug-likeness (QED) is 0.825. The van der Waals surface area contributed by atoms with Crippen LogP contribution >= 0.6 is 23.2 Å². The number of oxime groups is 1. The summed E-state index contributed by atoms with van der Waals surface area (Å²) in [6.45, 7) is -0.0705. The van der Waals surface area contributed by atoms with E-state index in [-0.39, 0.29) is 12.4 Å². The molecule has 0 spiro atoms. The zero-order valence-electron chi connectivity index (χ0n) is 13.1. The van der Waals surface area contributed by atoms with Crippen LogP contribution in [0, 0.1) is 11.6 Å². The maximum atomic E-state index is 14.1. The summed E-state index contributed by atoms with van der Waals surface area (Å²) >= 11 is 12.0. The molecule has 0 fully saturated rings. The van der Waals surface area contributed by atoms with Crippen molar-refractivity contribution in [2.75, 3.05) is 6.61 Å². The van der Waals surface area contributed by atoms with Crippen LogP contribution < -0.4 is 10.5 Å². The lowest BCUT2D eigenvalue weighted by Gasteiger charge is -2.12. The Morgan fingerprint density at radius 1 is 1.31 bits per heavy atom. The fourth-order valence-electron chi connectivity index (χ4n) is 2.45. The van der Waals surface area contributed by atoms with Crippen molar-refractivity contribution in [3.05, 3.63) is 63.1 Å². The number of benzene rings is 2. The fraction of sp³-hybridized carbons (Fsp3) is 0.176. The van der Waals surface area contributed by atoms with Crippen LogP contribution in [0.25, 0.3) is 0 Å². The Bertz CT molecular complexity index is 906. The molecule has 1 atom stereocenters. The normalized spacial score (nSPS) is 16.2. The van der Waals surface area contributed by atoms with Crippen molar-refractivity contribution >= 4 is 34.8 Å². The van der Waals surface area contributed by atoms with Gasteiger partial charge in [0.1, 0.15) is 18.0 Å². The molecule has 26 heavy (non-hydrogen) atoms. The Balaban J connectivity index is 1.66. The smallest absolute Gasteiger partial charge is 0.254 e. The minimum absolute atomic E-state index is 0.0705. The Morgan fingerprint density at radius 3 is 2.77 bits per heavy atom. The lowest BCUT2D eigenvalue weighted by Crippen LogP contribution is -2.20. The largest absolute Gasteiger partial charge is 0.486 e. The van der Waals surface area contributed by atoms with Crippen LogP contribution in [0.2, 0.25) is 10.0 Å². The molecule has 136 valence electrons. The van der Waals surface area contributed by atoms with E-state index >= 15 is 0 Å². The highest BCUT2D eigenvalue weighted by Crippen LogP contribution is 2.27. The highest BCUT2D eigenvalue weighted by molar-refractivity contribution is 6.37. The zero-order chi connectivity index (χ0) is 18.8. The van der Waals surface area contributed by atoms with Crippen molar-refractivity contribution in [1.29, 1.82) is 0 Å². The van der Waals surface area contributed by atoms with Gasteiger partial charge in [0.15, 0.2) is 17.7 Å². The van der Waals surface area contributed by atoms with Gasteiger partial charge < -0.3 is 15.3 Å². The molecule has 0 saturated carbocycles.